The summed E-state index contributed by atoms with van der Waals surface area (Å²) in [4.78, 5) is 20.6. The van der Waals surface area contributed by atoms with E-state index in [1.807, 2.05) is 93.6 Å². The molecule has 1 aliphatic rings. The zero-order valence-electron chi connectivity index (χ0n) is 19.2. The van der Waals surface area contributed by atoms with E-state index in [4.69, 9.17) is 14.5 Å². The molecule has 0 aliphatic carbocycles. The van der Waals surface area contributed by atoms with E-state index in [0.717, 1.165) is 28.1 Å². The van der Waals surface area contributed by atoms with E-state index in [9.17, 15) is 4.79 Å². The second kappa shape index (κ2) is 9.96. The predicted molar refractivity (Wildman–Crippen MR) is 137 cm³/mol. The Hall–Kier alpha value is -3.51. The lowest BCUT2D eigenvalue weighted by atomic mass is 10.1. The molecule has 1 saturated heterocycles. The number of rotatable bonds is 6. The van der Waals surface area contributed by atoms with E-state index in [1.165, 1.54) is 11.8 Å². The molecule has 1 amide bonds. The first kappa shape index (κ1) is 22.7. The SMILES string of the molecule is CCOc1c(/C=C2/SC(=Nc3ccc(C)cc3)N(c3ccc(C)cc3)C2=O)cccc1OC. The van der Waals surface area contributed by atoms with Gasteiger partial charge in [0.15, 0.2) is 16.7 Å². The molecule has 0 saturated carbocycles. The summed E-state index contributed by atoms with van der Waals surface area (Å²) >= 11 is 1.35. The lowest BCUT2D eigenvalue weighted by Crippen LogP contribution is -2.28. The zero-order chi connectivity index (χ0) is 23.4. The van der Waals surface area contributed by atoms with Gasteiger partial charge < -0.3 is 9.47 Å². The van der Waals surface area contributed by atoms with E-state index < -0.39 is 0 Å². The molecule has 5 nitrogen and oxygen atoms in total. The highest BCUT2D eigenvalue weighted by molar-refractivity contribution is 8.19. The summed E-state index contributed by atoms with van der Waals surface area (Å²) in [6.45, 7) is 6.47. The molecule has 0 radical (unpaired) electrons. The average molecular weight is 459 g/mol. The van der Waals surface area contributed by atoms with Gasteiger partial charge >= 0.3 is 0 Å². The highest BCUT2D eigenvalue weighted by atomic mass is 32.2. The van der Waals surface area contributed by atoms with Gasteiger partial charge in [-0.05, 0) is 68.9 Å². The molecular weight excluding hydrogens is 432 g/mol. The first-order valence-electron chi connectivity index (χ1n) is 10.8. The first-order chi connectivity index (χ1) is 16.0. The van der Waals surface area contributed by atoms with Crippen molar-refractivity contribution in [2.24, 2.45) is 4.99 Å². The second-order valence-corrected chi connectivity index (χ2v) is 8.64. The van der Waals surface area contributed by atoms with Gasteiger partial charge in [-0.2, -0.15) is 0 Å². The van der Waals surface area contributed by atoms with Crippen molar-refractivity contribution < 1.29 is 14.3 Å². The highest BCUT2D eigenvalue weighted by Gasteiger charge is 2.35. The molecule has 0 spiro atoms. The van der Waals surface area contributed by atoms with Gasteiger partial charge in [-0.3, -0.25) is 9.69 Å². The molecule has 4 rings (SSSR count). The summed E-state index contributed by atoms with van der Waals surface area (Å²) in [5, 5.41) is 0.611. The lowest BCUT2D eigenvalue weighted by molar-refractivity contribution is -0.113. The number of amidine groups is 1. The van der Waals surface area contributed by atoms with Gasteiger partial charge in [-0.1, -0.05) is 47.5 Å². The molecule has 0 N–H and O–H groups in total. The first-order valence-corrected chi connectivity index (χ1v) is 11.6. The molecule has 33 heavy (non-hydrogen) atoms. The van der Waals surface area contributed by atoms with E-state index in [-0.39, 0.29) is 5.91 Å². The molecule has 1 aliphatic heterocycles. The molecule has 3 aromatic carbocycles. The number of carbonyl (C=O) groups is 1. The molecule has 3 aromatic rings. The van der Waals surface area contributed by atoms with Gasteiger partial charge in [0, 0.05) is 5.56 Å². The van der Waals surface area contributed by atoms with E-state index in [0.29, 0.717) is 28.2 Å². The fraction of sp³-hybridized carbons (Fsp3) is 0.185. The fourth-order valence-electron chi connectivity index (χ4n) is 3.45. The van der Waals surface area contributed by atoms with E-state index >= 15 is 0 Å². The summed E-state index contributed by atoms with van der Waals surface area (Å²) in [7, 11) is 1.61. The monoisotopic (exact) mass is 458 g/mol. The van der Waals surface area contributed by atoms with Gasteiger partial charge in [0.2, 0.25) is 0 Å². The third kappa shape index (κ3) is 4.96. The largest absolute Gasteiger partial charge is 0.493 e. The Labute approximate surface area is 198 Å². The summed E-state index contributed by atoms with van der Waals surface area (Å²) in [5.74, 6) is 1.12. The predicted octanol–water partition coefficient (Wildman–Crippen LogP) is 6.52. The minimum atomic E-state index is -0.125. The maximum absolute atomic E-state index is 13.6. The Morgan fingerprint density at radius 1 is 0.970 bits per heavy atom. The van der Waals surface area contributed by atoms with Gasteiger partial charge in [0.1, 0.15) is 0 Å². The normalized spacial score (nSPS) is 16.0. The molecule has 0 atom stereocenters. The van der Waals surface area contributed by atoms with Crippen LogP contribution in [-0.4, -0.2) is 24.8 Å². The van der Waals surface area contributed by atoms with Crippen molar-refractivity contribution in [2.45, 2.75) is 20.8 Å². The van der Waals surface area contributed by atoms with Crippen LogP contribution in [0.3, 0.4) is 0 Å². The van der Waals surface area contributed by atoms with Crippen molar-refractivity contribution >= 4 is 40.3 Å². The zero-order valence-corrected chi connectivity index (χ0v) is 20.0. The van der Waals surface area contributed by atoms with Crippen LogP contribution in [0.15, 0.2) is 76.6 Å². The van der Waals surface area contributed by atoms with Crippen molar-refractivity contribution in [3.8, 4) is 11.5 Å². The maximum Gasteiger partial charge on any atom is 0.271 e. The number of hydrogen-bond acceptors (Lipinski definition) is 5. The quantitative estimate of drug-likeness (QED) is 0.395. The Morgan fingerprint density at radius 3 is 2.27 bits per heavy atom. The molecule has 0 unspecified atom stereocenters. The number of carbonyl (C=O) groups excluding carboxylic acids is 1. The van der Waals surface area contributed by atoms with Gasteiger partial charge in [0.25, 0.3) is 5.91 Å². The van der Waals surface area contributed by atoms with Gasteiger partial charge in [-0.25, -0.2) is 4.99 Å². The molecule has 0 aromatic heterocycles. The number of methoxy groups -OCH3 is 1. The molecule has 0 bridgehead atoms. The van der Waals surface area contributed by atoms with Crippen LogP contribution in [0.2, 0.25) is 0 Å². The summed E-state index contributed by atoms with van der Waals surface area (Å²) in [6.07, 6.45) is 1.85. The van der Waals surface area contributed by atoms with Crippen LogP contribution in [-0.2, 0) is 4.79 Å². The third-order valence-electron chi connectivity index (χ3n) is 5.16. The lowest BCUT2D eigenvalue weighted by Gasteiger charge is -2.16. The highest BCUT2D eigenvalue weighted by Crippen LogP contribution is 2.40. The Kier molecular flexibility index (Phi) is 6.84. The summed E-state index contributed by atoms with van der Waals surface area (Å²) in [6, 6.07) is 21.5. The molecular formula is C27H26N2O3S. The van der Waals surface area contributed by atoms with Crippen molar-refractivity contribution in [3.63, 3.8) is 0 Å². The van der Waals surface area contributed by atoms with Crippen LogP contribution in [0.4, 0.5) is 11.4 Å². The number of benzene rings is 3. The smallest absolute Gasteiger partial charge is 0.271 e. The number of thioether (sulfide) groups is 1. The average Bonchev–Trinajstić information content (AvgIpc) is 3.11. The summed E-state index contributed by atoms with van der Waals surface area (Å²) in [5.41, 5.74) is 4.65. The number of para-hydroxylation sites is 1. The number of amides is 1. The van der Waals surface area contributed by atoms with Crippen molar-refractivity contribution in [1.29, 1.82) is 0 Å². The molecule has 1 fully saturated rings. The molecule has 1 heterocycles. The minimum absolute atomic E-state index is 0.125. The van der Waals surface area contributed by atoms with Gasteiger partial charge in [0.05, 0.1) is 30.0 Å². The van der Waals surface area contributed by atoms with E-state index in [1.54, 1.807) is 12.0 Å². The van der Waals surface area contributed by atoms with Crippen LogP contribution < -0.4 is 14.4 Å². The number of anilines is 1. The van der Waals surface area contributed by atoms with Crippen molar-refractivity contribution in [1.82, 2.24) is 0 Å². The van der Waals surface area contributed by atoms with Crippen molar-refractivity contribution in [3.05, 3.63) is 88.3 Å². The number of ether oxygens (including phenoxy) is 2. The van der Waals surface area contributed by atoms with Crippen molar-refractivity contribution in [2.75, 3.05) is 18.6 Å². The Balaban J connectivity index is 1.79. The van der Waals surface area contributed by atoms with Crippen LogP contribution in [0, 0.1) is 13.8 Å². The Morgan fingerprint density at radius 2 is 1.64 bits per heavy atom. The van der Waals surface area contributed by atoms with Crippen LogP contribution in [0.25, 0.3) is 6.08 Å². The van der Waals surface area contributed by atoms with Crippen LogP contribution in [0.5, 0.6) is 11.5 Å². The number of nitrogens with zero attached hydrogens (tertiary/aromatic N) is 2. The van der Waals surface area contributed by atoms with Crippen LogP contribution >= 0.6 is 11.8 Å². The number of aryl methyl sites for hydroxylation is 2. The standard InChI is InChI=1S/C27H26N2O3S/c1-5-32-25-20(7-6-8-23(25)31-4)17-24-26(30)29(22-15-11-19(3)12-16-22)27(33-24)28-21-13-9-18(2)10-14-21/h6-17H,5H2,1-4H3/b24-17+,28-27?. The fourth-order valence-corrected chi connectivity index (χ4v) is 4.44. The minimum Gasteiger partial charge on any atom is -0.493 e. The van der Waals surface area contributed by atoms with Crippen LogP contribution in [0.1, 0.15) is 23.6 Å². The maximum atomic E-state index is 13.6. The third-order valence-corrected chi connectivity index (χ3v) is 6.13. The Bertz CT molecular complexity index is 1220. The van der Waals surface area contributed by atoms with Gasteiger partial charge in [-0.15, -0.1) is 0 Å². The molecule has 6 heteroatoms. The topological polar surface area (TPSA) is 51.1 Å². The van der Waals surface area contributed by atoms with E-state index in [2.05, 4.69) is 0 Å². The second-order valence-electron chi connectivity index (χ2n) is 7.63. The molecule has 168 valence electrons. The number of hydrogen-bond donors (Lipinski definition) is 0. The number of aliphatic imine (C=N–C) groups is 1. The summed E-state index contributed by atoms with van der Waals surface area (Å²) < 4.78 is 11.3.